The van der Waals surface area contributed by atoms with Crippen LogP contribution in [-0.4, -0.2) is 35.9 Å². The number of thiazole rings is 1. The van der Waals surface area contributed by atoms with Crippen LogP contribution in [-0.2, 0) is 9.53 Å². The Morgan fingerprint density at radius 2 is 2.09 bits per heavy atom. The molecule has 1 fully saturated rings. The number of hydrogen-bond donors (Lipinski definition) is 0. The highest BCUT2D eigenvalue weighted by Crippen LogP contribution is 2.34. The van der Waals surface area contributed by atoms with Crippen LogP contribution in [0.2, 0.25) is 0 Å². The molecular weight excluding hydrogens is 443 g/mol. The van der Waals surface area contributed by atoms with Crippen molar-refractivity contribution in [2.75, 3.05) is 23.8 Å². The summed E-state index contributed by atoms with van der Waals surface area (Å²) < 4.78 is 20.0. The van der Waals surface area contributed by atoms with Gasteiger partial charge in [-0.3, -0.25) is 9.69 Å². The van der Waals surface area contributed by atoms with Crippen LogP contribution in [0.15, 0.2) is 47.4 Å². The zero-order chi connectivity index (χ0) is 22.5. The van der Waals surface area contributed by atoms with Gasteiger partial charge >= 0.3 is 0 Å². The molecule has 0 spiro atoms. The van der Waals surface area contributed by atoms with E-state index < -0.39 is 0 Å². The van der Waals surface area contributed by atoms with E-state index in [1.165, 1.54) is 17.7 Å². The lowest BCUT2D eigenvalue weighted by Crippen LogP contribution is -2.37. The third-order valence-corrected chi connectivity index (χ3v) is 7.76. The number of anilines is 1. The standard InChI is InChI=1S/C25H29FN2O2S2/c1-17(2)21-7-3-8-22-24(21)27-25(32-22)28(16-19-6-4-14-30-19)23(29)9-5-15-31-20-12-10-18(26)11-13-20/h3,7-8,10-13,17,19H,4-6,9,14-16H2,1-2H3. The molecular formula is C25H29FN2O2S2. The van der Waals surface area contributed by atoms with Crippen LogP contribution in [0.4, 0.5) is 9.52 Å². The van der Waals surface area contributed by atoms with E-state index in [0.29, 0.717) is 18.9 Å². The molecule has 1 aromatic heterocycles. The van der Waals surface area contributed by atoms with Crippen molar-refractivity contribution in [3.8, 4) is 0 Å². The van der Waals surface area contributed by atoms with Crippen LogP contribution < -0.4 is 4.90 Å². The lowest BCUT2D eigenvalue weighted by molar-refractivity contribution is -0.119. The van der Waals surface area contributed by atoms with E-state index in [4.69, 9.17) is 9.72 Å². The molecule has 0 N–H and O–H groups in total. The Kier molecular flexibility index (Phi) is 7.81. The van der Waals surface area contributed by atoms with Crippen LogP contribution in [0, 0.1) is 5.82 Å². The maximum Gasteiger partial charge on any atom is 0.228 e. The Morgan fingerprint density at radius 3 is 2.81 bits per heavy atom. The van der Waals surface area contributed by atoms with Crippen molar-refractivity contribution in [1.29, 1.82) is 0 Å². The highest BCUT2D eigenvalue weighted by Gasteiger charge is 2.26. The Bertz CT molecular complexity index is 1050. The maximum atomic E-state index is 13.3. The van der Waals surface area contributed by atoms with Crippen LogP contribution in [0.3, 0.4) is 0 Å². The topological polar surface area (TPSA) is 42.4 Å². The number of para-hydroxylation sites is 1. The molecule has 0 saturated carbocycles. The summed E-state index contributed by atoms with van der Waals surface area (Å²) in [6.45, 7) is 5.66. The fourth-order valence-corrected chi connectivity index (χ4v) is 5.78. The number of benzene rings is 2. The molecule has 1 atom stereocenters. The van der Waals surface area contributed by atoms with E-state index in [-0.39, 0.29) is 17.8 Å². The van der Waals surface area contributed by atoms with Crippen molar-refractivity contribution in [1.82, 2.24) is 4.98 Å². The number of nitrogens with zero attached hydrogens (tertiary/aromatic N) is 2. The number of rotatable bonds is 9. The number of aromatic nitrogens is 1. The SMILES string of the molecule is CC(C)c1cccc2sc(N(CC3CCCO3)C(=O)CCCSc3ccc(F)cc3)nc12. The molecule has 32 heavy (non-hydrogen) atoms. The normalized spacial score (nSPS) is 16.2. The quantitative estimate of drug-likeness (QED) is 0.258. The summed E-state index contributed by atoms with van der Waals surface area (Å²) in [6, 6.07) is 12.8. The third kappa shape index (κ3) is 5.69. The fourth-order valence-electron chi connectivity index (χ4n) is 3.90. The molecule has 4 nitrogen and oxygen atoms in total. The molecule has 0 bridgehead atoms. The molecule has 7 heteroatoms. The van der Waals surface area contributed by atoms with Crippen LogP contribution in [0.1, 0.15) is 51.0 Å². The van der Waals surface area contributed by atoms with Crippen LogP contribution in [0.5, 0.6) is 0 Å². The monoisotopic (exact) mass is 472 g/mol. The van der Waals surface area contributed by atoms with Crippen molar-refractivity contribution in [3.63, 3.8) is 0 Å². The Morgan fingerprint density at radius 1 is 1.28 bits per heavy atom. The first-order valence-electron chi connectivity index (χ1n) is 11.2. The summed E-state index contributed by atoms with van der Waals surface area (Å²) >= 11 is 3.23. The van der Waals surface area contributed by atoms with Crippen molar-refractivity contribution in [2.24, 2.45) is 0 Å². The second kappa shape index (κ2) is 10.8. The molecule has 4 rings (SSSR count). The van der Waals surface area contributed by atoms with Gasteiger partial charge < -0.3 is 4.74 Å². The first kappa shape index (κ1) is 23.2. The highest BCUT2D eigenvalue weighted by molar-refractivity contribution is 7.99. The zero-order valence-corrected chi connectivity index (χ0v) is 20.2. The van der Waals surface area contributed by atoms with Gasteiger partial charge in [-0.25, -0.2) is 9.37 Å². The summed E-state index contributed by atoms with van der Waals surface area (Å²) in [5.74, 6) is 1.04. The molecule has 1 saturated heterocycles. The van der Waals surface area contributed by atoms with Crippen molar-refractivity contribution >= 4 is 44.4 Å². The van der Waals surface area contributed by atoms with E-state index in [9.17, 15) is 9.18 Å². The minimum atomic E-state index is -0.231. The minimum absolute atomic E-state index is 0.0733. The van der Waals surface area contributed by atoms with Gasteiger partial charge in [0.2, 0.25) is 5.91 Å². The first-order valence-corrected chi connectivity index (χ1v) is 13.0. The van der Waals surface area contributed by atoms with Gasteiger partial charge in [0.25, 0.3) is 0 Å². The van der Waals surface area contributed by atoms with Crippen molar-refractivity contribution in [3.05, 3.63) is 53.8 Å². The van der Waals surface area contributed by atoms with E-state index >= 15 is 0 Å². The molecule has 2 aromatic carbocycles. The fraction of sp³-hybridized carbons (Fsp3) is 0.440. The van der Waals surface area contributed by atoms with E-state index in [1.54, 1.807) is 35.2 Å². The van der Waals surface area contributed by atoms with Gasteiger partial charge in [0, 0.05) is 17.9 Å². The Labute approximate surface area is 197 Å². The van der Waals surface area contributed by atoms with Gasteiger partial charge in [0.15, 0.2) is 5.13 Å². The maximum absolute atomic E-state index is 13.3. The Balaban J connectivity index is 1.46. The third-order valence-electron chi connectivity index (χ3n) is 5.62. The largest absolute Gasteiger partial charge is 0.376 e. The van der Waals surface area contributed by atoms with Crippen LogP contribution in [0.25, 0.3) is 10.2 Å². The molecule has 2 heterocycles. The molecule has 0 aliphatic carbocycles. The van der Waals surface area contributed by atoms with Gasteiger partial charge in [-0.1, -0.05) is 37.3 Å². The molecule has 1 amide bonds. The number of fused-ring (bicyclic) bond motifs is 1. The molecule has 1 aliphatic heterocycles. The second-order valence-electron chi connectivity index (χ2n) is 8.39. The van der Waals surface area contributed by atoms with Gasteiger partial charge in [-0.05, 0) is 66.8 Å². The number of halogens is 1. The van der Waals surface area contributed by atoms with E-state index in [0.717, 1.165) is 51.9 Å². The minimum Gasteiger partial charge on any atom is -0.376 e. The number of carbonyl (C=O) groups excluding carboxylic acids is 1. The highest BCUT2D eigenvalue weighted by atomic mass is 32.2. The summed E-state index contributed by atoms with van der Waals surface area (Å²) in [5, 5.41) is 0.764. The summed E-state index contributed by atoms with van der Waals surface area (Å²) in [7, 11) is 0. The van der Waals surface area contributed by atoms with Gasteiger partial charge in [-0.2, -0.15) is 0 Å². The average Bonchev–Trinajstić information content (AvgIpc) is 3.45. The Hall–Kier alpha value is -1.96. The summed E-state index contributed by atoms with van der Waals surface area (Å²) in [5.41, 5.74) is 2.21. The average molecular weight is 473 g/mol. The molecule has 3 aromatic rings. The number of amides is 1. The lowest BCUT2D eigenvalue weighted by Gasteiger charge is -2.23. The number of carbonyl (C=O) groups is 1. The zero-order valence-electron chi connectivity index (χ0n) is 18.6. The van der Waals surface area contributed by atoms with E-state index in [2.05, 4.69) is 32.0 Å². The van der Waals surface area contributed by atoms with E-state index in [1.807, 2.05) is 4.90 Å². The van der Waals surface area contributed by atoms with Crippen molar-refractivity contribution < 1.29 is 13.9 Å². The number of hydrogen-bond acceptors (Lipinski definition) is 5. The van der Waals surface area contributed by atoms with Crippen LogP contribution >= 0.6 is 23.1 Å². The molecule has 170 valence electrons. The van der Waals surface area contributed by atoms with Crippen molar-refractivity contribution in [2.45, 2.75) is 56.4 Å². The van der Waals surface area contributed by atoms with Gasteiger partial charge in [-0.15, -0.1) is 11.8 Å². The predicted molar refractivity (Wildman–Crippen MR) is 131 cm³/mol. The lowest BCUT2D eigenvalue weighted by atomic mass is 10.0. The second-order valence-corrected chi connectivity index (χ2v) is 10.6. The summed E-state index contributed by atoms with van der Waals surface area (Å²) in [6.07, 6.45) is 3.30. The van der Waals surface area contributed by atoms with Gasteiger partial charge in [0.05, 0.1) is 22.9 Å². The molecule has 0 radical (unpaired) electrons. The van der Waals surface area contributed by atoms with Gasteiger partial charge in [0.1, 0.15) is 5.82 Å². The first-order chi connectivity index (χ1) is 15.5. The predicted octanol–water partition coefficient (Wildman–Crippen LogP) is 6.64. The summed E-state index contributed by atoms with van der Waals surface area (Å²) in [4.78, 5) is 21.0. The number of ether oxygens (including phenoxy) is 1. The molecule has 1 unspecified atom stereocenters. The number of thioether (sulfide) groups is 1. The molecule has 1 aliphatic rings. The smallest absolute Gasteiger partial charge is 0.228 e.